The van der Waals surface area contributed by atoms with Crippen molar-refractivity contribution in [3.05, 3.63) is 0 Å². The Morgan fingerprint density at radius 3 is 2.20 bits per heavy atom. The van der Waals surface area contributed by atoms with Crippen molar-refractivity contribution in [2.75, 3.05) is 0 Å². The third kappa shape index (κ3) is 1.35. The van der Waals surface area contributed by atoms with E-state index < -0.39 is 0 Å². The van der Waals surface area contributed by atoms with E-state index in [0.29, 0.717) is 19.7 Å². The highest BCUT2D eigenvalue weighted by molar-refractivity contribution is 7.40. The van der Waals surface area contributed by atoms with Gasteiger partial charge in [-0.05, 0) is 36.3 Å². The summed E-state index contributed by atoms with van der Waals surface area (Å²) in [6, 6.07) is 0. The molecule has 0 spiro atoms. The Hall–Kier alpha value is 0.390. The standard InChI is InChI=1S/C13H25OP/c1-9(2)15-13(14)8-10-6-7-12(13,5)11(10,3)4/h9-10,14-15H,6-8H2,1-5H3. The molecule has 0 aromatic rings. The van der Waals surface area contributed by atoms with Crippen molar-refractivity contribution >= 4 is 8.58 Å². The van der Waals surface area contributed by atoms with Gasteiger partial charge in [-0.1, -0.05) is 43.2 Å². The zero-order valence-electron chi connectivity index (χ0n) is 10.7. The maximum Gasteiger partial charge on any atom is 0.0870 e. The van der Waals surface area contributed by atoms with Crippen molar-refractivity contribution < 1.29 is 5.11 Å². The largest absolute Gasteiger partial charge is 0.385 e. The minimum absolute atomic E-state index is 0.160. The van der Waals surface area contributed by atoms with Crippen molar-refractivity contribution in [2.24, 2.45) is 16.7 Å². The fourth-order valence-electron chi connectivity index (χ4n) is 3.97. The monoisotopic (exact) mass is 228 g/mol. The molecule has 0 heterocycles. The zero-order chi connectivity index (χ0) is 11.5. The van der Waals surface area contributed by atoms with E-state index in [-0.39, 0.29) is 10.8 Å². The Balaban J connectivity index is 2.32. The average molecular weight is 228 g/mol. The number of aliphatic hydroxyl groups is 1. The zero-order valence-corrected chi connectivity index (χ0v) is 11.7. The van der Waals surface area contributed by atoms with E-state index in [2.05, 4.69) is 34.6 Å². The van der Waals surface area contributed by atoms with Crippen LogP contribution in [0.2, 0.25) is 0 Å². The Kier molecular flexibility index (Phi) is 2.53. The van der Waals surface area contributed by atoms with Crippen LogP contribution in [0.3, 0.4) is 0 Å². The first-order valence-electron chi connectivity index (χ1n) is 6.23. The molecule has 2 aliphatic rings. The van der Waals surface area contributed by atoms with Crippen LogP contribution in [0.15, 0.2) is 0 Å². The first kappa shape index (κ1) is 11.9. The van der Waals surface area contributed by atoms with Gasteiger partial charge in [-0.25, -0.2) is 0 Å². The van der Waals surface area contributed by atoms with Crippen LogP contribution in [0.1, 0.15) is 53.9 Å². The fourth-order valence-corrected chi connectivity index (χ4v) is 6.06. The smallest absolute Gasteiger partial charge is 0.0870 e. The van der Waals surface area contributed by atoms with Crippen molar-refractivity contribution in [1.29, 1.82) is 0 Å². The normalized spacial score (nSPS) is 48.6. The Morgan fingerprint density at radius 2 is 1.87 bits per heavy atom. The molecule has 4 unspecified atom stereocenters. The molecule has 0 amide bonds. The third-order valence-corrected chi connectivity index (χ3v) is 7.23. The molecular weight excluding hydrogens is 203 g/mol. The molecule has 0 aromatic heterocycles. The van der Waals surface area contributed by atoms with E-state index in [4.69, 9.17) is 0 Å². The fraction of sp³-hybridized carbons (Fsp3) is 1.00. The molecule has 15 heavy (non-hydrogen) atoms. The topological polar surface area (TPSA) is 20.2 Å². The first-order chi connectivity index (χ1) is 6.73. The number of fused-ring (bicyclic) bond motifs is 2. The van der Waals surface area contributed by atoms with Crippen LogP contribution in [0, 0.1) is 16.7 Å². The number of hydrogen-bond donors (Lipinski definition) is 1. The van der Waals surface area contributed by atoms with Gasteiger partial charge in [-0.3, -0.25) is 0 Å². The highest BCUT2D eigenvalue weighted by Crippen LogP contribution is 2.73. The van der Waals surface area contributed by atoms with Crippen LogP contribution in [-0.2, 0) is 0 Å². The van der Waals surface area contributed by atoms with Gasteiger partial charge in [-0.2, -0.15) is 0 Å². The van der Waals surface area contributed by atoms with E-state index >= 15 is 0 Å². The highest BCUT2D eigenvalue weighted by atomic mass is 31.1. The summed E-state index contributed by atoms with van der Waals surface area (Å²) in [6.07, 6.45) is 3.60. The summed E-state index contributed by atoms with van der Waals surface area (Å²) in [5.74, 6) is 0.749. The van der Waals surface area contributed by atoms with Gasteiger partial charge < -0.3 is 5.11 Å². The lowest BCUT2D eigenvalue weighted by Crippen LogP contribution is -2.44. The van der Waals surface area contributed by atoms with E-state index in [9.17, 15) is 5.11 Å². The lowest BCUT2D eigenvalue weighted by Gasteiger charge is -2.46. The predicted molar refractivity (Wildman–Crippen MR) is 67.6 cm³/mol. The number of hydrogen-bond acceptors (Lipinski definition) is 1. The van der Waals surface area contributed by atoms with Gasteiger partial charge >= 0.3 is 0 Å². The highest BCUT2D eigenvalue weighted by Gasteiger charge is 2.68. The summed E-state index contributed by atoms with van der Waals surface area (Å²) in [5, 5.41) is 10.6. The van der Waals surface area contributed by atoms with Gasteiger partial charge in [0.15, 0.2) is 0 Å². The summed E-state index contributed by atoms with van der Waals surface area (Å²) < 4.78 is 0. The molecule has 0 aromatic carbocycles. The molecule has 2 rings (SSSR count). The molecule has 2 saturated carbocycles. The Morgan fingerprint density at radius 1 is 1.27 bits per heavy atom. The van der Waals surface area contributed by atoms with Crippen molar-refractivity contribution in [3.8, 4) is 0 Å². The average Bonchev–Trinajstić information content (AvgIpc) is 2.34. The van der Waals surface area contributed by atoms with Crippen LogP contribution >= 0.6 is 8.58 Å². The Labute approximate surface area is 95.8 Å². The van der Waals surface area contributed by atoms with Gasteiger partial charge in [0.1, 0.15) is 0 Å². The minimum atomic E-state index is -0.367. The van der Waals surface area contributed by atoms with Crippen LogP contribution in [0.25, 0.3) is 0 Å². The minimum Gasteiger partial charge on any atom is -0.385 e. The molecule has 2 bridgehead atoms. The maximum absolute atomic E-state index is 11.0. The van der Waals surface area contributed by atoms with Gasteiger partial charge in [0.25, 0.3) is 0 Å². The second kappa shape index (κ2) is 3.20. The van der Waals surface area contributed by atoms with E-state index in [0.717, 1.165) is 12.3 Å². The summed E-state index contributed by atoms with van der Waals surface area (Å²) in [5.41, 5.74) is 1.12. The van der Waals surface area contributed by atoms with Crippen LogP contribution in [-0.4, -0.2) is 16.1 Å². The van der Waals surface area contributed by atoms with Gasteiger partial charge in [0.2, 0.25) is 0 Å². The molecule has 1 N–H and O–H groups in total. The Bertz CT molecular complexity index is 274. The molecule has 4 atom stereocenters. The van der Waals surface area contributed by atoms with Crippen molar-refractivity contribution in [3.63, 3.8) is 0 Å². The third-order valence-electron chi connectivity index (χ3n) is 5.42. The van der Waals surface area contributed by atoms with Crippen LogP contribution < -0.4 is 0 Å². The predicted octanol–water partition coefficient (Wildman–Crippen LogP) is 3.61. The first-order valence-corrected chi connectivity index (χ1v) is 7.31. The summed E-state index contributed by atoms with van der Waals surface area (Å²) in [4.78, 5) is 0. The second-order valence-corrected chi connectivity index (χ2v) is 8.92. The summed E-state index contributed by atoms with van der Waals surface area (Å²) >= 11 is 0. The molecule has 0 saturated heterocycles. The molecule has 0 aliphatic heterocycles. The van der Waals surface area contributed by atoms with E-state index in [1.165, 1.54) is 12.8 Å². The maximum atomic E-state index is 11.0. The second-order valence-electron chi connectivity index (χ2n) is 6.65. The van der Waals surface area contributed by atoms with E-state index in [1.807, 2.05) is 0 Å². The molecule has 2 fully saturated rings. The summed E-state index contributed by atoms with van der Waals surface area (Å²) in [6.45, 7) is 11.5. The molecule has 0 radical (unpaired) electrons. The molecule has 1 nitrogen and oxygen atoms in total. The molecule has 88 valence electrons. The quantitative estimate of drug-likeness (QED) is 0.716. The van der Waals surface area contributed by atoms with Gasteiger partial charge in [0.05, 0.1) is 5.34 Å². The molecular formula is C13H25OP. The van der Waals surface area contributed by atoms with Crippen molar-refractivity contribution in [2.45, 2.75) is 64.9 Å². The SMILES string of the molecule is CC(C)PC1(O)CC2CCC1(C)C2(C)C. The lowest BCUT2D eigenvalue weighted by atomic mass is 9.69. The van der Waals surface area contributed by atoms with Gasteiger partial charge in [0, 0.05) is 5.41 Å². The van der Waals surface area contributed by atoms with Gasteiger partial charge in [-0.15, -0.1) is 0 Å². The number of rotatable bonds is 2. The molecule has 2 heteroatoms. The summed E-state index contributed by atoms with van der Waals surface area (Å²) in [7, 11) is 0.706. The van der Waals surface area contributed by atoms with E-state index in [1.54, 1.807) is 0 Å². The lowest BCUT2D eigenvalue weighted by molar-refractivity contribution is -0.0194. The molecule has 2 aliphatic carbocycles. The van der Waals surface area contributed by atoms with Crippen LogP contribution in [0.5, 0.6) is 0 Å². The van der Waals surface area contributed by atoms with Crippen LogP contribution in [0.4, 0.5) is 0 Å². The van der Waals surface area contributed by atoms with Crippen molar-refractivity contribution in [1.82, 2.24) is 0 Å².